The minimum atomic E-state index is 0. The fraction of sp³-hybridized carbons (Fsp3) is 0.375. The predicted molar refractivity (Wildman–Crippen MR) is 88.7 cm³/mol. The first-order valence-electron chi connectivity index (χ1n) is 7.36. The molecule has 0 aliphatic carbocycles. The van der Waals surface area contributed by atoms with Gasteiger partial charge in [0.1, 0.15) is 0 Å². The van der Waals surface area contributed by atoms with Crippen LogP contribution in [0.3, 0.4) is 0 Å². The molecule has 6 heteroatoms. The molecule has 0 spiro atoms. The van der Waals surface area contributed by atoms with Crippen LogP contribution in [0, 0.1) is 5.92 Å². The average molecular weight is 321 g/mol. The molecule has 2 heterocycles. The summed E-state index contributed by atoms with van der Waals surface area (Å²) in [6.07, 6.45) is 4.60. The maximum atomic E-state index is 12.3. The van der Waals surface area contributed by atoms with Gasteiger partial charge < -0.3 is 10.6 Å². The molecule has 5 nitrogen and oxygen atoms in total. The van der Waals surface area contributed by atoms with E-state index in [-0.39, 0.29) is 24.4 Å². The van der Waals surface area contributed by atoms with Gasteiger partial charge in [0.2, 0.25) is 0 Å². The molecule has 1 amide bonds. The van der Waals surface area contributed by atoms with Crippen molar-refractivity contribution in [2.45, 2.75) is 19.4 Å². The molecule has 1 saturated heterocycles. The summed E-state index contributed by atoms with van der Waals surface area (Å²) in [4.78, 5) is 12.3. The molecule has 1 aliphatic heterocycles. The highest BCUT2D eigenvalue weighted by atomic mass is 35.5. The first kappa shape index (κ1) is 16.5. The molecule has 2 atom stereocenters. The number of carbonyl (C=O) groups excluding carboxylic acids is 1. The van der Waals surface area contributed by atoms with Crippen LogP contribution in [-0.2, 0) is 0 Å². The summed E-state index contributed by atoms with van der Waals surface area (Å²) in [5.74, 6) is 0.465. The number of hydrogen-bond acceptors (Lipinski definition) is 3. The molecule has 1 aromatic carbocycles. The van der Waals surface area contributed by atoms with Crippen LogP contribution in [-0.4, -0.2) is 34.8 Å². The summed E-state index contributed by atoms with van der Waals surface area (Å²) in [5.41, 5.74) is 1.64. The third-order valence-electron chi connectivity index (χ3n) is 4.00. The van der Waals surface area contributed by atoms with Crippen molar-refractivity contribution in [3.8, 4) is 5.69 Å². The van der Waals surface area contributed by atoms with Crippen molar-refractivity contribution in [1.29, 1.82) is 0 Å². The van der Waals surface area contributed by atoms with Gasteiger partial charge in [0.25, 0.3) is 5.91 Å². The van der Waals surface area contributed by atoms with E-state index in [1.807, 2.05) is 36.5 Å². The predicted octanol–water partition coefficient (Wildman–Crippen LogP) is 2.02. The molecule has 3 rings (SSSR count). The third kappa shape index (κ3) is 3.67. The van der Waals surface area contributed by atoms with Gasteiger partial charge in [-0.05, 0) is 55.8 Å². The summed E-state index contributed by atoms with van der Waals surface area (Å²) in [6.45, 7) is 4.09. The molecule has 2 N–H and O–H groups in total. The minimum Gasteiger partial charge on any atom is -0.349 e. The molecule has 118 valence electrons. The Morgan fingerprint density at radius 2 is 2.14 bits per heavy atom. The Labute approximate surface area is 136 Å². The minimum absolute atomic E-state index is 0. The van der Waals surface area contributed by atoms with Gasteiger partial charge in [0.15, 0.2) is 0 Å². The Morgan fingerprint density at radius 3 is 2.77 bits per heavy atom. The highest BCUT2D eigenvalue weighted by molar-refractivity contribution is 5.94. The molecular formula is C16H21ClN4O. The van der Waals surface area contributed by atoms with Crippen LogP contribution >= 0.6 is 12.4 Å². The smallest absolute Gasteiger partial charge is 0.251 e. The van der Waals surface area contributed by atoms with Crippen molar-refractivity contribution >= 4 is 18.3 Å². The molecular weight excluding hydrogens is 300 g/mol. The lowest BCUT2D eigenvalue weighted by Gasteiger charge is -2.30. The molecule has 22 heavy (non-hydrogen) atoms. The monoisotopic (exact) mass is 320 g/mol. The van der Waals surface area contributed by atoms with E-state index in [2.05, 4.69) is 22.7 Å². The highest BCUT2D eigenvalue weighted by Gasteiger charge is 2.22. The second-order valence-corrected chi connectivity index (χ2v) is 5.55. The van der Waals surface area contributed by atoms with Gasteiger partial charge >= 0.3 is 0 Å². The summed E-state index contributed by atoms with van der Waals surface area (Å²) in [6, 6.07) is 9.64. The molecule has 1 fully saturated rings. The Morgan fingerprint density at radius 1 is 1.36 bits per heavy atom. The lowest BCUT2D eigenvalue weighted by molar-refractivity contribution is 0.0914. The zero-order valence-electron chi connectivity index (χ0n) is 12.5. The molecule has 1 aliphatic rings. The number of amides is 1. The van der Waals surface area contributed by atoms with E-state index < -0.39 is 0 Å². The number of piperidine rings is 1. The van der Waals surface area contributed by atoms with Crippen molar-refractivity contribution in [3.63, 3.8) is 0 Å². The molecule has 2 aromatic rings. The van der Waals surface area contributed by atoms with E-state index in [9.17, 15) is 4.79 Å². The number of hydrogen-bond donors (Lipinski definition) is 2. The second kappa shape index (κ2) is 7.42. The van der Waals surface area contributed by atoms with E-state index in [1.165, 1.54) is 0 Å². The zero-order valence-corrected chi connectivity index (χ0v) is 13.3. The SMILES string of the molecule is CC1CNCCC1NC(=O)c1ccc(-n2cccn2)cc1.Cl. The van der Waals surface area contributed by atoms with Crippen molar-refractivity contribution in [2.75, 3.05) is 13.1 Å². The van der Waals surface area contributed by atoms with E-state index in [1.54, 1.807) is 10.9 Å². The van der Waals surface area contributed by atoms with E-state index in [4.69, 9.17) is 0 Å². The lowest BCUT2D eigenvalue weighted by atomic mass is 9.95. The molecule has 0 radical (unpaired) electrons. The van der Waals surface area contributed by atoms with E-state index in [0.29, 0.717) is 11.5 Å². The zero-order chi connectivity index (χ0) is 14.7. The van der Waals surface area contributed by atoms with Crippen LogP contribution in [0.2, 0.25) is 0 Å². The maximum Gasteiger partial charge on any atom is 0.251 e. The van der Waals surface area contributed by atoms with Gasteiger partial charge in [-0.3, -0.25) is 4.79 Å². The first-order chi connectivity index (χ1) is 10.2. The quantitative estimate of drug-likeness (QED) is 0.909. The average Bonchev–Trinajstić information content (AvgIpc) is 3.04. The van der Waals surface area contributed by atoms with E-state index >= 15 is 0 Å². The molecule has 2 unspecified atom stereocenters. The third-order valence-corrected chi connectivity index (χ3v) is 4.00. The molecule has 0 saturated carbocycles. The lowest BCUT2D eigenvalue weighted by Crippen LogP contribution is -2.48. The van der Waals surface area contributed by atoms with Crippen LogP contribution in [0.15, 0.2) is 42.7 Å². The van der Waals surface area contributed by atoms with Crippen LogP contribution in [0.5, 0.6) is 0 Å². The summed E-state index contributed by atoms with van der Waals surface area (Å²) < 4.78 is 1.77. The Balaban J connectivity index is 0.00000176. The fourth-order valence-electron chi connectivity index (χ4n) is 2.67. The van der Waals surface area contributed by atoms with Gasteiger partial charge in [0.05, 0.1) is 5.69 Å². The molecule has 1 aromatic heterocycles. The highest BCUT2D eigenvalue weighted by Crippen LogP contribution is 2.13. The first-order valence-corrected chi connectivity index (χ1v) is 7.36. The van der Waals surface area contributed by atoms with Crippen LogP contribution in [0.1, 0.15) is 23.7 Å². The number of aromatic nitrogens is 2. The fourth-order valence-corrected chi connectivity index (χ4v) is 2.67. The standard InChI is InChI=1S/C16H20N4O.ClH/c1-12-11-17-9-7-15(12)19-16(21)13-3-5-14(6-4-13)20-10-2-8-18-20;/h2-6,8,10,12,15,17H,7,9,11H2,1H3,(H,19,21);1H. The number of nitrogens with zero attached hydrogens (tertiary/aromatic N) is 2. The van der Waals surface area contributed by atoms with Crippen LogP contribution in [0.25, 0.3) is 5.69 Å². The number of benzene rings is 1. The normalized spacial score (nSPS) is 21.0. The van der Waals surface area contributed by atoms with Gasteiger partial charge in [-0.2, -0.15) is 5.10 Å². The summed E-state index contributed by atoms with van der Waals surface area (Å²) >= 11 is 0. The van der Waals surface area contributed by atoms with Crippen LogP contribution in [0.4, 0.5) is 0 Å². The number of carbonyl (C=O) groups is 1. The Hall–Kier alpha value is -1.85. The molecule has 0 bridgehead atoms. The van der Waals surface area contributed by atoms with Gasteiger partial charge in [-0.1, -0.05) is 6.92 Å². The van der Waals surface area contributed by atoms with Crippen molar-refractivity contribution in [3.05, 3.63) is 48.3 Å². The Bertz CT molecular complexity index is 597. The van der Waals surface area contributed by atoms with Crippen molar-refractivity contribution < 1.29 is 4.79 Å². The van der Waals surface area contributed by atoms with E-state index in [0.717, 1.165) is 25.2 Å². The number of rotatable bonds is 3. The van der Waals surface area contributed by atoms with Gasteiger partial charge in [0, 0.05) is 24.0 Å². The maximum absolute atomic E-state index is 12.3. The second-order valence-electron chi connectivity index (χ2n) is 5.55. The van der Waals surface area contributed by atoms with Crippen LogP contribution < -0.4 is 10.6 Å². The Kier molecular flexibility index (Phi) is 5.57. The van der Waals surface area contributed by atoms with Gasteiger partial charge in [-0.25, -0.2) is 4.68 Å². The van der Waals surface area contributed by atoms with Crippen molar-refractivity contribution in [2.24, 2.45) is 5.92 Å². The van der Waals surface area contributed by atoms with Gasteiger partial charge in [-0.15, -0.1) is 12.4 Å². The topological polar surface area (TPSA) is 58.9 Å². The van der Waals surface area contributed by atoms with Crippen molar-refractivity contribution in [1.82, 2.24) is 20.4 Å². The largest absolute Gasteiger partial charge is 0.349 e. The number of halogens is 1. The summed E-state index contributed by atoms with van der Waals surface area (Å²) in [5, 5.41) is 10.7. The summed E-state index contributed by atoms with van der Waals surface area (Å²) in [7, 11) is 0. The number of nitrogens with one attached hydrogen (secondary N) is 2.